The normalized spacial score (nSPS) is 20.4. The van der Waals surface area contributed by atoms with E-state index in [1.165, 1.54) is 4.90 Å². The Labute approximate surface area is 146 Å². The van der Waals surface area contributed by atoms with Crippen molar-refractivity contribution in [2.75, 3.05) is 31.6 Å². The second kappa shape index (κ2) is 7.10. The number of amides is 1. The predicted molar refractivity (Wildman–Crippen MR) is 92.2 cm³/mol. The first kappa shape index (κ1) is 17.2. The number of aliphatic hydroxyl groups is 1. The lowest BCUT2D eigenvalue weighted by molar-refractivity contribution is -0.000297. The summed E-state index contributed by atoms with van der Waals surface area (Å²) in [7, 11) is 1.68. The molecule has 2 aromatic rings. The number of hydrogen-bond donors (Lipinski definition) is 1. The van der Waals surface area contributed by atoms with Gasteiger partial charge in [0.15, 0.2) is 0 Å². The summed E-state index contributed by atoms with van der Waals surface area (Å²) in [6.07, 6.45) is 7.95. The molecule has 0 saturated carbocycles. The molecule has 8 heteroatoms. The average Bonchev–Trinajstić information content (AvgIpc) is 2.61. The van der Waals surface area contributed by atoms with Crippen LogP contribution in [0.15, 0.2) is 30.9 Å². The number of anilines is 1. The van der Waals surface area contributed by atoms with Crippen LogP contribution >= 0.6 is 0 Å². The van der Waals surface area contributed by atoms with Crippen LogP contribution in [0.25, 0.3) is 0 Å². The van der Waals surface area contributed by atoms with Crippen LogP contribution < -0.4 is 4.90 Å². The highest BCUT2D eigenvalue weighted by Crippen LogP contribution is 2.25. The Bertz CT molecular complexity index is 741. The second-order valence-electron chi connectivity index (χ2n) is 6.46. The van der Waals surface area contributed by atoms with Gasteiger partial charge in [-0.2, -0.15) is 0 Å². The molecule has 132 valence electrons. The number of nitrogens with zero attached hydrogens (tertiary/aromatic N) is 6. The summed E-state index contributed by atoms with van der Waals surface area (Å²) in [6.45, 7) is 3.19. The smallest absolute Gasteiger partial charge is 0.272 e. The van der Waals surface area contributed by atoms with Crippen LogP contribution in [0, 0.1) is 6.92 Å². The highest BCUT2D eigenvalue weighted by molar-refractivity contribution is 5.92. The summed E-state index contributed by atoms with van der Waals surface area (Å²) < 4.78 is 0. The van der Waals surface area contributed by atoms with Crippen LogP contribution in [0.1, 0.15) is 29.2 Å². The molecule has 2 aromatic heterocycles. The average molecular weight is 342 g/mol. The molecule has 25 heavy (non-hydrogen) atoms. The molecule has 3 heterocycles. The van der Waals surface area contributed by atoms with Crippen molar-refractivity contribution in [3.63, 3.8) is 0 Å². The first-order valence-corrected chi connectivity index (χ1v) is 8.25. The van der Waals surface area contributed by atoms with Gasteiger partial charge in [0.2, 0.25) is 0 Å². The maximum Gasteiger partial charge on any atom is 0.272 e. The van der Waals surface area contributed by atoms with E-state index < -0.39 is 5.60 Å². The fourth-order valence-electron chi connectivity index (χ4n) is 3.18. The summed E-state index contributed by atoms with van der Waals surface area (Å²) in [5, 5.41) is 11.0. The quantitative estimate of drug-likeness (QED) is 0.873. The Hall–Kier alpha value is -2.61. The lowest BCUT2D eigenvalue weighted by Gasteiger charge is -2.41. The van der Waals surface area contributed by atoms with Gasteiger partial charge in [-0.15, -0.1) is 0 Å². The van der Waals surface area contributed by atoms with Crippen LogP contribution in [-0.2, 0) is 0 Å². The highest BCUT2D eigenvalue weighted by atomic mass is 16.3. The van der Waals surface area contributed by atoms with E-state index in [1.54, 1.807) is 44.8 Å². The standard InChI is InChI=1S/C17H22N6O2/c1-13-19-6-4-14(21-13)16(24)22(2)11-17(25)5-3-9-23(12-17)15-10-18-7-8-20-15/h4,6-8,10,25H,3,5,9,11-12H2,1-2H3/t17-/m1/s1. The number of β-amino-alcohol motifs (C(OH)–C–C–N with tert-alkyl or cyclic N) is 1. The van der Waals surface area contributed by atoms with Crippen molar-refractivity contribution in [3.8, 4) is 0 Å². The zero-order valence-corrected chi connectivity index (χ0v) is 14.5. The fourth-order valence-corrected chi connectivity index (χ4v) is 3.18. The molecule has 1 fully saturated rings. The van der Waals surface area contributed by atoms with Crippen molar-refractivity contribution in [2.45, 2.75) is 25.4 Å². The van der Waals surface area contributed by atoms with E-state index in [-0.39, 0.29) is 12.5 Å². The third-order valence-corrected chi connectivity index (χ3v) is 4.30. The van der Waals surface area contributed by atoms with E-state index >= 15 is 0 Å². The van der Waals surface area contributed by atoms with E-state index in [4.69, 9.17) is 0 Å². The molecular weight excluding hydrogens is 320 g/mol. The first-order chi connectivity index (χ1) is 12.0. The molecule has 1 amide bonds. The van der Waals surface area contributed by atoms with Crippen molar-refractivity contribution >= 4 is 11.7 Å². The number of hydrogen-bond acceptors (Lipinski definition) is 7. The molecule has 3 rings (SSSR count). The Kier molecular flexibility index (Phi) is 4.89. The van der Waals surface area contributed by atoms with E-state index in [9.17, 15) is 9.90 Å². The summed E-state index contributed by atoms with van der Waals surface area (Å²) in [4.78, 5) is 32.6. The third-order valence-electron chi connectivity index (χ3n) is 4.30. The van der Waals surface area contributed by atoms with Crippen LogP contribution in [0.3, 0.4) is 0 Å². The molecule has 1 atom stereocenters. The Morgan fingerprint density at radius 2 is 2.20 bits per heavy atom. The minimum Gasteiger partial charge on any atom is -0.386 e. The zero-order chi connectivity index (χ0) is 17.9. The highest BCUT2D eigenvalue weighted by Gasteiger charge is 2.36. The monoisotopic (exact) mass is 342 g/mol. The molecule has 1 aliphatic heterocycles. The third kappa shape index (κ3) is 4.08. The molecule has 0 spiro atoms. The van der Waals surface area contributed by atoms with Gasteiger partial charge in [-0.25, -0.2) is 15.0 Å². The Morgan fingerprint density at radius 3 is 2.92 bits per heavy atom. The maximum absolute atomic E-state index is 12.6. The molecular formula is C17H22N6O2. The predicted octanol–water partition coefficient (Wildman–Crippen LogP) is 0.679. The van der Waals surface area contributed by atoms with Gasteiger partial charge in [0.25, 0.3) is 5.91 Å². The maximum atomic E-state index is 12.6. The van der Waals surface area contributed by atoms with E-state index in [1.807, 2.05) is 4.90 Å². The van der Waals surface area contributed by atoms with Crippen molar-refractivity contribution in [2.24, 2.45) is 0 Å². The SMILES string of the molecule is Cc1nccc(C(=O)N(C)C[C@]2(O)CCCN(c3cnccn3)C2)n1. The fraction of sp³-hybridized carbons (Fsp3) is 0.471. The Morgan fingerprint density at radius 1 is 1.36 bits per heavy atom. The minimum atomic E-state index is -0.998. The van der Waals surface area contributed by atoms with E-state index in [2.05, 4.69) is 19.9 Å². The summed E-state index contributed by atoms with van der Waals surface area (Å²) >= 11 is 0. The van der Waals surface area contributed by atoms with E-state index in [0.29, 0.717) is 24.5 Å². The van der Waals surface area contributed by atoms with Gasteiger partial charge in [0.1, 0.15) is 17.3 Å². The first-order valence-electron chi connectivity index (χ1n) is 8.25. The van der Waals surface area contributed by atoms with Crippen molar-refractivity contribution in [3.05, 3.63) is 42.4 Å². The summed E-state index contributed by atoms with van der Waals surface area (Å²) in [5.74, 6) is 1.06. The molecule has 1 saturated heterocycles. The van der Waals surface area contributed by atoms with Crippen LogP contribution in [0.5, 0.6) is 0 Å². The Balaban J connectivity index is 1.69. The van der Waals surface area contributed by atoms with Gasteiger partial charge in [-0.1, -0.05) is 0 Å². The topological polar surface area (TPSA) is 95.3 Å². The number of carbonyl (C=O) groups excluding carboxylic acids is 1. The molecule has 0 aliphatic carbocycles. The lowest BCUT2D eigenvalue weighted by atomic mass is 9.92. The summed E-state index contributed by atoms with van der Waals surface area (Å²) in [5.41, 5.74) is -0.664. The largest absolute Gasteiger partial charge is 0.386 e. The molecule has 8 nitrogen and oxygen atoms in total. The molecule has 0 unspecified atom stereocenters. The number of likely N-dealkylation sites (N-methyl/N-ethyl adjacent to an activating group) is 1. The van der Waals surface area contributed by atoms with Gasteiger partial charge < -0.3 is 14.9 Å². The number of carbonyl (C=O) groups is 1. The van der Waals surface area contributed by atoms with Gasteiger partial charge >= 0.3 is 0 Å². The van der Waals surface area contributed by atoms with Gasteiger partial charge in [-0.3, -0.25) is 9.78 Å². The van der Waals surface area contributed by atoms with Crippen LogP contribution in [0.2, 0.25) is 0 Å². The van der Waals surface area contributed by atoms with E-state index in [0.717, 1.165) is 18.8 Å². The number of aromatic nitrogens is 4. The number of rotatable bonds is 4. The van der Waals surface area contributed by atoms with Crippen molar-refractivity contribution in [1.82, 2.24) is 24.8 Å². The van der Waals surface area contributed by atoms with Gasteiger partial charge in [0.05, 0.1) is 18.3 Å². The second-order valence-corrected chi connectivity index (χ2v) is 6.46. The van der Waals surface area contributed by atoms with Gasteiger partial charge in [0, 0.05) is 38.7 Å². The molecule has 0 radical (unpaired) electrons. The minimum absolute atomic E-state index is 0.226. The van der Waals surface area contributed by atoms with Crippen molar-refractivity contribution in [1.29, 1.82) is 0 Å². The summed E-state index contributed by atoms with van der Waals surface area (Å²) in [6, 6.07) is 1.59. The number of aryl methyl sites for hydroxylation is 1. The zero-order valence-electron chi connectivity index (χ0n) is 14.5. The van der Waals surface area contributed by atoms with Gasteiger partial charge in [-0.05, 0) is 25.8 Å². The lowest BCUT2D eigenvalue weighted by Crippen LogP contribution is -2.55. The van der Waals surface area contributed by atoms with Crippen LogP contribution in [0.4, 0.5) is 5.82 Å². The number of piperidine rings is 1. The molecule has 1 N–H and O–H groups in total. The van der Waals surface area contributed by atoms with Crippen molar-refractivity contribution < 1.29 is 9.90 Å². The molecule has 0 bridgehead atoms. The molecule has 1 aliphatic rings. The van der Waals surface area contributed by atoms with Crippen LogP contribution in [-0.4, -0.2) is 68.1 Å². The molecule has 0 aromatic carbocycles.